The zero-order valence-electron chi connectivity index (χ0n) is 52.2. The second-order valence-corrected chi connectivity index (χ2v) is 24.9. The molecule has 0 spiro atoms. The molecule has 85 heavy (non-hydrogen) atoms. The Hall–Kier alpha value is -9.13. The van der Waals surface area contributed by atoms with Crippen LogP contribution >= 0.6 is 0 Å². The van der Waals surface area contributed by atoms with E-state index in [2.05, 4.69) is 240 Å². The van der Waals surface area contributed by atoms with E-state index in [0.29, 0.717) is 11.3 Å². The fraction of sp³-hybridized carbons (Fsp3) is 0.228. The fourth-order valence-electron chi connectivity index (χ4n) is 8.90. The van der Waals surface area contributed by atoms with Gasteiger partial charge >= 0.3 is 5.97 Å². The van der Waals surface area contributed by atoms with E-state index in [1.165, 1.54) is 66.1 Å². The zero-order chi connectivity index (χ0) is 61.2. The molecule has 0 N–H and O–H groups in total. The van der Waals surface area contributed by atoms with E-state index < -0.39 is 0 Å². The quantitative estimate of drug-likeness (QED) is 0.0731. The van der Waals surface area contributed by atoms with Crippen molar-refractivity contribution in [3.05, 3.63) is 270 Å². The number of fused-ring (bicyclic) bond motifs is 2. The Kier molecular flexibility index (Phi) is 21.6. The first kappa shape index (κ1) is 63.5. The maximum Gasteiger partial charge on any atom is 0.343 e. The Morgan fingerprint density at radius 1 is 0.294 bits per heavy atom. The van der Waals surface area contributed by atoms with Gasteiger partial charge in [0.2, 0.25) is 0 Å². The van der Waals surface area contributed by atoms with Gasteiger partial charge < -0.3 is 23.7 Å². The van der Waals surface area contributed by atoms with Crippen molar-refractivity contribution >= 4 is 50.8 Å². The number of rotatable bonds is 11. The highest BCUT2D eigenvalue weighted by atomic mass is 16.5. The highest BCUT2D eigenvalue weighted by Crippen LogP contribution is 2.31. The molecule has 0 heterocycles. The molecule has 436 valence electrons. The van der Waals surface area contributed by atoms with Crippen LogP contribution in [0.2, 0.25) is 0 Å². The lowest BCUT2D eigenvalue weighted by molar-refractivity contribution is 0.0733. The summed E-state index contributed by atoms with van der Waals surface area (Å²) in [6.45, 7) is 28.8. The molecule has 10 aromatic carbocycles. The van der Waals surface area contributed by atoms with Gasteiger partial charge in [0.1, 0.15) is 51.2 Å². The number of benzene rings is 10. The number of carbonyl (C=O) groups excluding carboxylic acids is 1. The van der Waals surface area contributed by atoms with Crippen LogP contribution in [0.4, 0.5) is 0 Å². The van der Waals surface area contributed by atoms with Crippen molar-refractivity contribution in [1.82, 2.24) is 0 Å². The second kappa shape index (κ2) is 28.9. The molecule has 0 aliphatic carbocycles. The Morgan fingerprint density at radius 3 is 1.09 bits per heavy atom. The molecule has 0 atom stereocenters. The number of allylic oxidation sites excluding steroid dienone is 2. The van der Waals surface area contributed by atoms with Gasteiger partial charge in [-0.2, -0.15) is 0 Å². The molecule has 6 heteroatoms. The lowest BCUT2D eigenvalue weighted by Crippen LogP contribution is -2.22. The van der Waals surface area contributed by atoms with Crippen molar-refractivity contribution in [3.8, 4) is 39.9 Å². The lowest BCUT2D eigenvalue weighted by atomic mass is 9.98. The highest BCUT2D eigenvalue weighted by Gasteiger charge is 2.16. The van der Waals surface area contributed by atoms with Gasteiger partial charge in [-0.3, -0.25) is 0 Å². The van der Waals surface area contributed by atoms with Gasteiger partial charge in [0, 0.05) is 0 Å². The number of hydrogen-bond donors (Lipinski definition) is 0. The van der Waals surface area contributed by atoms with Crippen LogP contribution in [0.1, 0.15) is 130 Å². The largest absolute Gasteiger partial charge is 0.488 e. The van der Waals surface area contributed by atoms with Crippen molar-refractivity contribution in [3.63, 3.8) is 0 Å². The fourth-order valence-corrected chi connectivity index (χ4v) is 8.90. The minimum Gasteiger partial charge on any atom is -0.488 e. The van der Waals surface area contributed by atoms with Gasteiger partial charge in [-0.15, -0.1) is 0 Å². The van der Waals surface area contributed by atoms with Gasteiger partial charge in [-0.1, -0.05) is 170 Å². The molecule has 0 aliphatic rings. The van der Waals surface area contributed by atoms with E-state index in [1.807, 2.05) is 63.2 Å². The second-order valence-electron chi connectivity index (χ2n) is 24.9. The van der Waals surface area contributed by atoms with Crippen LogP contribution in [0.3, 0.4) is 0 Å². The van der Waals surface area contributed by atoms with Crippen LogP contribution in [0, 0.1) is 0 Å². The summed E-state index contributed by atoms with van der Waals surface area (Å²) in [7, 11) is 0. The van der Waals surface area contributed by atoms with Crippen molar-refractivity contribution < 1.29 is 28.5 Å². The van der Waals surface area contributed by atoms with E-state index in [9.17, 15) is 4.79 Å². The molecule has 0 radical (unpaired) electrons. The molecule has 0 bridgehead atoms. The Bertz CT molecular complexity index is 3760. The van der Waals surface area contributed by atoms with E-state index >= 15 is 0 Å². The summed E-state index contributed by atoms with van der Waals surface area (Å²) in [6.07, 6.45) is 4.38. The van der Waals surface area contributed by atoms with Crippen molar-refractivity contribution in [2.75, 3.05) is 0 Å². The van der Waals surface area contributed by atoms with E-state index in [1.54, 1.807) is 48.5 Å². The molecule has 6 nitrogen and oxygen atoms in total. The Labute approximate surface area is 506 Å². The maximum absolute atomic E-state index is 11.9. The number of ether oxygens (including phenoxy) is 5. The van der Waals surface area contributed by atoms with Crippen molar-refractivity contribution in [1.29, 1.82) is 0 Å². The van der Waals surface area contributed by atoms with Gasteiger partial charge in [-0.05, 0) is 248 Å². The summed E-state index contributed by atoms with van der Waals surface area (Å²) < 4.78 is 28.6. The average molecular weight is 1130 g/mol. The SMILES string of the molecule is C/C(=C\c1ccc(OC(C)(C)C)cc1)c1ccccc1.C/C(=C\c1ccccc1)c1ccc(OC(C)(C)C)cc1.CC(C)(C)Oc1ccc(OC(=O)c2ccccc2)cc1.CC(C)(C)Oc1ccc2cc(-c3ccc4ccccc4c3)ccc2c1. The molecule has 0 aliphatic heterocycles. The highest BCUT2D eigenvalue weighted by molar-refractivity contribution is 5.92. The molecular formula is C79H84O6. The van der Waals surface area contributed by atoms with Gasteiger partial charge in [-0.25, -0.2) is 4.79 Å². The summed E-state index contributed by atoms with van der Waals surface area (Å²) in [4.78, 5) is 11.9. The van der Waals surface area contributed by atoms with E-state index in [4.69, 9.17) is 23.7 Å². The summed E-state index contributed by atoms with van der Waals surface area (Å²) in [5.41, 5.74) is 9.66. The first-order chi connectivity index (χ1) is 40.3. The predicted octanol–water partition coefficient (Wildman–Crippen LogP) is 21.8. The van der Waals surface area contributed by atoms with Crippen molar-refractivity contribution in [2.45, 2.75) is 119 Å². The normalized spacial score (nSPS) is 11.8. The summed E-state index contributed by atoms with van der Waals surface area (Å²) in [5.74, 6) is 3.62. The zero-order valence-corrected chi connectivity index (χ0v) is 52.2. The summed E-state index contributed by atoms with van der Waals surface area (Å²) in [5, 5.41) is 4.98. The molecule has 10 rings (SSSR count). The number of esters is 1. The molecule has 0 amide bonds. The van der Waals surface area contributed by atoms with Gasteiger partial charge in [0.05, 0.1) is 5.56 Å². The third-order valence-electron chi connectivity index (χ3n) is 12.6. The number of hydrogen-bond acceptors (Lipinski definition) is 6. The van der Waals surface area contributed by atoms with Crippen molar-refractivity contribution in [2.24, 2.45) is 0 Å². The van der Waals surface area contributed by atoms with Crippen LogP contribution in [0.5, 0.6) is 28.7 Å². The maximum atomic E-state index is 11.9. The van der Waals surface area contributed by atoms with Crippen LogP contribution in [-0.4, -0.2) is 28.4 Å². The minimum atomic E-state index is -0.366. The van der Waals surface area contributed by atoms with Crippen LogP contribution in [0.25, 0.3) is 56.0 Å². The minimum absolute atomic E-state index is 0.155. The third kappa shape index (κ3) is 21.9. The van der Waals surface area contributed by atoms with Crippen LogP contribution in [-0.2, 0) is 0 Å². The number of carbonyl (C=O) groups is 1. The molecule has 0 fully saturated rings. The van der Waals surface area contributed by atoms with E-state index in [-0.39, 0.29) is 28.4 Å². The van der Waals surface area contributed by atoms with Gasteiger partial charge in [0.15, 0.2) is 0 Å². The monoisotopic (exact) mass is 1130 g/mol. The first-order valence-electron chi connectivity index (χ1n) is 29.1. The smallest absolute Gasteiger partial charge is 0.343 e. The molecular weight excluding hydrogens is 1040 g/mol. The topological polar surface area (TPSA) is 63.2 Å². The van der Waals surface area contributed by atoms with E-state index in [0.717, 1.165) is 23.0 Å². The first-order valence-corrected chi connectivity index (χ1v) is 29.1. The van der Waals surface area contributed by atoms with Crippen LogP contribution in [0.15, 0.2) is 243 Å². The molecule has 0 aromatic heterocycles. The predicted molar refractivity (Wildman–Crippen MR) is 359 cm³/mol. The Morgan fingerprint density at radius 2 is 0.612 bits per heavy atom. The molecule has 0 saturated carbocycles. The standard InChI is InChI=1S/C24H22O.2C19H22O.C17H18O3/c1-24(2,3)25-23-13-12-21-15-20(10-11-22(21)16-23)19-9-8-17-6-4-5-7-18(17)14-19;1-15(17-8-6-5-7-9-17)14-16-10-12-18(13-11-16)20-19(2,3)4;1-15(14-16-8-6-5-7-9-16)17-10-12-18(13-11-17)20-19(2,3)4;1-17(2,3)20-15-11-9-14(10-12-15)19-16(18)13-7-5-4-6-8-13/h4-16H,1-3H3;2*5-14H,1-4H3;4-12H,1-3H3/b;2*15-14+;. The van der Waals surface area contributed by atoms with Crippen LogP contribution < -0.4 is 23.7 Å². The molecule has 0 saturated heterocycles. The third-order valence-corrected chi connectivity index (χ3v) is 12.6. The molecule has 0 unspecified atom stereocenters. The average Bonchev–Trinajstić information content (AvgIpc) is 3.50. The Balaban J connectivity index is 0.000000163. The summed E-state index contributed by atoms with van der Waals surface area (Å²) in [6, 6.07) is 81.3. The summed E-state index contributed by atoms with van der Waals surface area (Å²) >= 11 is 0. The lowest BCUT2D eigenvalue weighted by Gasteiger charge is -2.21. The molecule has 10 aromatic rings. The van der Waals surface area contributed by atoms with Gasteiger partial charge in [0.25, 0.3) is 0 Å².